The zero-order valence-corrected chi connectivity index (χ0v) is 32.8. The van der Waals surface area contributed by atoms with Crippen LogP contribution in [0.3, 0.4) is 0 Å². The van der Waals surface area contributed by atoms with E-state index in [9.17, 15) is 14.0 Å². The summed E-state index contributed by atoms with van der Waals surface area (Å²) in [6.07, 6.45) is 6.25. The maximum atomic E-state index is 13.8. The number of anilines is 2. The molecule has 1 aliphatic carbocycles. The molecule has 8 nitrogen and oxygen atoms in total. The van der Waals surface area contributed by atoms with Crippen LogP contribution in [-0.4, -0.2) is 72.2 Å². The van der Waals surface area contributed by atoms with Gasteiger partial charge in [-0.05, 0) is 73.6 Å². The first kappa shape index (κ1) is 43.1. The fraction of sp³-hybridized carbons (Fsp3) is 0.450. The molecule has 1 aliphatic heterocycles. The number of halogens is 4. The fourth-order valence-electron chi connectivity index (χ4n) is 5.95. The number of carbonyl (C=O) groups is 2. The van der Waals surface area contributed by atoms with E-state index in [1.165, 1.54) is 12.1 Å². The number of alkyl halides is 3. The Bertz CT molecular complexity index is 1540. The molecule has 1 heterocycles. The molecule has 2 atom stereocenters. The van der Waals surface area contributed by atoms with Gasteiger partial charge in [-0.15, -0.1) is 0 Å². The first-order valence-corrected chi connectivity index (χ1v) is 19.2. The second-order valence-corrected chi connectivity index (χ2v) is 14.4. The van der Waals surface area contributed by atoms with Crippen LogP contribution in [0.25, 0.3) is 0 Å². The first-order chi connectivity index (χ1) is 25.1. The highest BCUT2D eigenvalue weighted by Gasteiger charge is 2.40. The Hall–Kier alpha value is -3.34. The molecule has 2 unspecified atom stereocenters. The molecule has 0 radical (unpaired) electrons. The second-order valence-electron chi connectivity index (χ2n) is 12.1. The number of amides is 3. The van der Waals surface area contributed by atoms with Crippen molar-refractivity contribution in [2.75, 3.05) is 56.2 Å². The number of carbonyl (C=O) groups excluding carboxylic acids is 2. The van der Waals surface area contributed by atoms with E-state index in [0.717, 1.165) is 44.8 Å². The Morgan fingerprint density at radius 3 is 2.31 bits per heavy atom. The van der Waals surface area contributed by atoms with Gasteiger partial charge in [0.2, 0.25) is 0 Å². The van der Waals surface area contributed by atoms with Gasteiger partial charge >= 0.3 is 6.03 Å². The molecular formula is C40H52Cl3FN4O4. The molecule has 284 valence electrons. The van der Waals surface area contributed by atoms with Crippen molar-refractivity contribution < 1.29 is 23.5 Å². The van der Waals surface area contributed by atoms with Gasteiger partial charge in [0.1, 0.15) is 11.6 Å². The standard InChI is InChI=1S/C36H40Cl3FN4O4.2C2H6/c37-36(38,39)33(45)42-35(25-27-10-12-29(40)13-11-27)16-14-28(15-17-35)26-44(34(46)41-30-6-2-1-3-7-30)31-8-4-9-32(24-31)48-21-5-18-43-19-22-47-23-20-43;2*1-2/h1-4,6-14,16,24,28H,5,15,17-23,25-26H2,(H,41,46)(H,42,45);2*1-2H3. The van der Waals surface area contributed by atoms with E-state index in [-0.39, 0.29) is 17.8 Å². The van der Waals surface area contributed by atoms with Crippen LogP contribution in [0.2, 0.25) is 0 Å². The summed E-state index contributed by atoms with van der Waals surface area (Å²) in [4.78, 5) is 30.7. The highest BCUT2D eigenvalue weighted by Crippen LogP contribution is 2.34. The van der Waals surface area contributed by atoms with Crippen molar-refractivity contribution in [1.29, 1.82) is 0 Å². The third-order valence-corrected chi connectivity index (χ3v) is 9.02. The molecule has 12 heteroatoms. The molecule has 3 aromatic carbocycles. The van der Waals surface area contributed by atoms with E-state index < -0.39 is 15.2 Å². The Morgan fingerprint density at radius 2 is 1.67 bits per heavy atom. The smallest absolute Gasteiger partial charge is 0.326 e. The van der Waals surface area contributed by atoms with Crippen molar-refractivity contribution in [3.05, 3.63) is 102 Å². The lowest BCUT2D eigenvalue weighted by Gasteiger charge is -2.38. The quantitative estimate of drug-likeness (QED) is 0.109. The third kappa shape index (κ3) is 13.9. The first-order valence-electron chi connectivity index (χ1n) is 18.1. The maximum Gasteiger partial charge on any atom is 0.326 e. The normalized spacial score (nSPS) is 18.5. The lowest BCUT2D eigenvalue weighted by atomic mass is 9.78. The Labute approximate surface area is 323 Å². The van der Waals surface area contributed by atoms with Crippen molar-refractivity contribution >= 4 is 58.1 Å². The molecule has 1 saturated heterocycles. The molecule has 1 fully saturated rings. The van der Waals surface area contributed by atoms with Gasteiger partial charge in [-0.25, -0.2) is 9.18 Å². The van der Waals surface area contributed by atoms with Gasteiger partial charge in [-0.1, -0.05) is 111 Å². The average molecular weight is 778 g/mol. The zero-order valence-electron chi connectivity index (χ0n) is 30.6. The van der Waals surface area contributed by atoms with Crippen molar-refractivity contribution in [2.45, 2.75) is 62.7 Å². The number of nitrogens with one attached hydrogen (secondary N) is 2. The number of hydrogen-bond acceptors (Lipinski definition) is 5. The van der Waals surface area contributed by atoms with E-state index >= 15 is 0 Å². The van der Waals surface area contributed by atoms with Gasteiger partial charge in [0.15, 0.2) is 0 Å². The molecular weight excluding hydrogens is 726 g/mol. The minimum atomic E-state index is -2.15. The fourth-order valence-corrected chi connectivity index (χ4v) is 6.09. The lowest BCUT2D eigenvalue weighted by molar-refractivity contribution is -0.121. The predicted molar refractivity (Wildman–Crippen MR) is 212 cm³/mol. The number of urea groups is 1. The number of hydrogen-bond donors (Lipinski definition) is 2. The Kier molecular flexibility index (Phi) is 18.2. The summed E-state index contributed by atoms with van der Waals surface area (Å²) in [5.74, 6) is -0.480. The summed E-state index contributed by atoms with van der Waals surface area (Å²) in [6, 6.07) is 22.6. The van der Waals surface area contributed by atoms with Crippen molar-refractivity contribution in [1.82, 2.24) is 10.2 Å². The highest BCUT2D eigenvalue weighted by molar-refractivity contribution is 6.76. The van der Waals surface area contributed by atoms with Crippen molar-refractivity contribution in [3.63, 3.8) is 0 Å². The number of benzene rings is 3. The summed E-state index contributed by atoms with van der Waals surface area (Å²) < 4.78 is 23.0. The SMILES string of the molecule is CC.CC.O=C(Nc1ccccc1)N(CC1C=CC(Cc2ccc(F)cc2)(NC(=O)C(Cl)(Cl)Cl)CC1)c1cccc(OCCCN2CCOCC2)c1. The van der Waals surface area contributed by atoms with Gasteiger partial charge in [0.25, 0.3) is 9.70 Å². The molecule has 0 spiro atoms. The molecule has 0 saturated carbocycles. The molecule has 0 bridgehead atoms. The Balaban J connectivity index is 0.00000176. The van der Waals surface area contributed by atoms with Crippen LogP contribution in [0.1, 0.15) is 52.5 Å². The molecule has 3 amide bonds. The summed E-state index contributed by atoms with van der Waals surface area (Å²) in [5, 5.41) is 5.92. The largest absolute Gasteiger partial charge is 0.493 e. The summed E-state index contributed by atoms with van der Waals surface area (Å²) in [6.45, 7) is 13.2. The molecule has 52 heavy (non-hydrogen) atoms. The van der Waals surface area contributed by atoms with Gasteiger partial charge in [0.05, 0.1) is 25.4 Å². The topological polar surface area (TPSA) is 83.1 Å². The molecule has 2 aliphatic rings. The second kappa shape index (κ2) is 22.0. The number of para-hydroxylation sites is 1. The monoisotopic (exact) mass is 776 g/mol. The van der Waals surface area contributed by atoms with Crippen LogP contribution in [0.5, 0.6) is 5.75 Å². The molecule has 5 rings (SSSR count). The van der Waals surface area contributed by atoms with Crippen LogP contribution in [0.4, 0.5) is 20.6 Å². The van der Waals surface area contributed by atoms with Crippen LogP contribution >= 0.6 is 34.8 Å². The number of rotatable bonds is 12. The van der Waals surface area contributed by atoms with Gasteiger partial charge in [-0.3, -0.25) is 14.6 Å². The average Bonchev–Trinajstić information content (AvgIpc) is 3.16. The van der Waals surface area contributed by atoms with Crippen LogP contribution in [-0.2, 0) is 16.0 Å². The third-order valence-electron chi connectivity index (χ3n) is 8.51. The molecule has 2 N–H and O–H groups in total. The van der Waals surface area contributed by atoms with E-state index in [0.29, 0.717) is 49.5 Å². The van der Waals surface area contributed by atoms with Gasteiger partial charge < -0.3 is 20.1 Å². The summed E-state index contributed by atoms with van der Waals surface area (Å²) in [7, 11) is 0. The lowest BCUT2D eigenvalue weighted by Crippen LogP contribution is -2.54. The minimum Gasteiger partial charge on any atom is -0.493 e. The van der Waals surface area contributed by atoms with Crippen LogP contribution in [0.15, 0.2) is 91.0 Å². The highest BCUT2D eigenvalue weighted by atomic mass is 35.6. The minimum absolute atomic E-state index is 0.0596. The number of nitrogens with zero attached hydrogens (tertiary/aromatic N) is 2. The Morgan fingerprint density at radius 1 is 0.981 bits per heavy atom. The summed E-state index contributed by atoms with van der Waals surface area (Å²) >= 11 is 17.8. The van der Waals surface area contributed by atoms with Gasteiger partial charge in [-0.2, -0.15) is 0 Å². The van der Waals surface area contributed by atoms with E-state index in [4.69, 9.17) is 44.3 Å². The zero-order chi connectivity index (χ0) is 38.0. The van der Waals surface area contributed by atoms with Crippen molar-refractivity contribution in [2.24, 2.45) is 5.92 Å². The van der Waals surface area contributed by atoms with Gasteiger partial charge in [0, 0.05) is 43.6 Å². The summed E-state index contributed by atoms with van der Waals surface area (Å²) in [5.41, 5.74) is 1.31. The molecule has 0 aromatic heterocycles. The molecule has 3 aromatic rings. The van der Waals surface area contributed by atoms with E-state index in [2.05, 4.69) is 15.5 Å². The van der Waals surface area contributed by atoms with Crippen molar-refractivity contribution in [3.8, 4) is 5.75 Å². The number of morpholine rings is 1. The van der Waals surface area contributed by atoms with E-state index in [1.54, 1.807) is 17.0 Å². The maximum absolute atomic E-state index is 13.8. The van der Waals surface area contributed by atoms with Crippen LogP contribution in [0, 0.1) is 11.7 Å². The van der Waals surface area contributed by atoms with Crippen LogP contribution < -0.4 is 20.3 Å². The number of ether oxygens (including phenoxy) is 2. The van der Waals surface area contributed by atoms with E-state index in [1.807, 2.05) is 94.4 Å². The predicted octanol–water partition coefficient (Wildman–Crippen LogP) is 9.45.